The van der Waals surface area contributed by atoms with Crippen molar-refractivity contribution in [1.82, 2.24) is 20.0 Å². The molecule has 3 N–H and O–H groups in total. The lowest BCUT2D eigenvalue weighted by Crippen LogP contribution is -2.41. The number of morpholine rings is 1. The molecule has 2 fully saturated rings. The normalized spacial score (nSPS) is 20.2. The van der Waals surface area contributed by atoms with Crippen LogP contribution in [0.3, 0.4) is 0 Å². The molecule has 0 aliphatic carbocycles. The van der Waals surface area contributed by atoms with Gasteiger partial charge in [0.05, 0.1) is 35.2 Å². The van der Waals surface area contributed by atoms with Gasteiger partial charge in [0.1, 0.15) is 0 Å². The van der Waals surface area contributed by atoms with E-state index in [1.807, 2.05) is 24.3 Å². The van der Waals surface area contributed by atoms with Crippen LogP contribution in [0.5, 0.6) is 0 Å². The van der Waals surface area contributed by atoms with Crippen molar-refractivity contribution >= 4 is 16.5 Å². The van der Waals surface area contributed by atoms with Crippen molar-refractivity contribution in [2.24, 2.45) is 0 Å². The lowest BCUT2D eigenvalue weighted by atomic mass is 10.0. The summed E-state index contributed by atoms with van der Waals surface area (Å²) in [4.78, 5) is 15.8. The largest absolute Gasteiger partial charge is 0.381 e. The first-order valence-electron chi connectivity index (χ1n) is 12.8. The molecule has 0 bridgehead atoms. The second-order valence-electron chi connectivity index (χ2n) is 9.73. The Morgan fingerprint density at radius 1 is 1.00 bits per heavy atom. The van der Waals surface area contributed by atoms with E-state index < -0.39 is 10.6 Å². The minimum Gasteiger partial charge on any atom is -0.381 e. The molecule has 3 aromatic rings. The maximum Gasteiger partial charge on any atom is 0.274 e. The zero-order chi connectivity index (χ0) is 25.4. The highest BCUT2D eigenvalue weighted by Gasteiger charge is 2.37. The fraction of sp³-hybridized carbons (Fsp3) is 0.407. The summed E-state index contributed by atoms with van der Waals surface area (Å²) in [6.07, 6.45) is 2.05. The number of benzene rings is 2. The van der Waals surface area contributed by atoms with E-state index in [0.29, 0.717) is 48.4 Å². The van der Waals surface area contributed by atoms with Gasteiger partial charge in [-0.3, -0.25) is 13.9 Å². The number of fused-ring (bicyclic) bond motifs is 3. The number of carbonyl (C=O) groups excluding carboxylic acids is 1. The Balaban J connectivity index is 1.36. The third-order valence-corrected chi connectivity index (χ3v) is 9.07. The van der Waals surface area contributed by atoms with Crippen molar-refractivity contribution < 1.29 is 23.4 Å². The molecule has 0 radical (unpaired) electrons. The second-order valence-corrected chi connectivity index (χ2v) is 11.8. The standard InChI is InChI=1S/C27H32N4O5S/c32-27(30-11-15-36-16-12-30)25-23-18-37(33,34)24-4-2-1-3-22(24)26(23)31(29-25)21-7-5-19(6-8-21)17-28-20-9-13-35-14-10-20/h1-8,20,28,33-34H,9-18H2. The van der Waals surface area contributed by atoms with Gasteiger partial charge in [-0.2, -0.15) is 15.7 Å². The van der Waals surface area contributed by atoms with E-state index >= 15 is 0 Å². The van der Waals surface area contributed by atoms with Crippen molar-refractivity contribution in [2.45, 2.75) is 36.1 Å². The molecule has 0 atom stereocenters. The smallest absolute Gasteiger partial charge is 0.274 e. The fourth-order valence-corrected chi connectivity index (χ4v) is 6.93. The van der Waals surface area contributed by atoms with Crippen LogP contribution >= 0.6 is 10.6 Å². The van der Waals surface area contributed by atoms with Gasteiger partial charge in [0.15, 0.2) is 5.69 Å². The van der Waals surface area contributed by atoms with Gasteiger partial charge in [0.2, 0.25) is 0 Å². The van der Waals surface area contributed by atoms with Crippen molar-refractivity contribution in [3.63, 3.8) is 0 Å². The third kappa shape index (κ3) is 4.81. The van der Waals surface area contributed by atoms with Crippen LogP contribution in [0.4, 0.5) is 0 Å². The van der Waals surface area contributed by atoms with Crippen LogP contribution < -0.4 is 5.32 Å². The number of rotatable bonds is 5. The number of carbonyl (C=O) groups is 1. The van der Waals surface area contributed by atoms with Crippen molar-refractivity contribution in [3.05, 3.63) is 65.4 Å². The maximum atomic E-state index is 13.6. The van der Waals surface area contributed by atoms with E-state index in [4.69, 9.17) is 14.6 Å². The first kappa shape index (κ1) is 24.6. The van der Waals surface area contributed by atoms with Gasteiger partial charge in [-0.1, -0.05) is 30.3 Å². The third-order valence-electron chi connectivity index (χ3n) is 7.32. The number of nitrogens with zero attached hydrogens (tertiary/aromatic N) is 3. The lowest BCUT2D eigenvalue weighted by molar-refractivity contribution is 0.0298. The molecule has 1 amide bonds. The summed E-state index contributed by atoms with van der Waals surface area (Å²) in [7, 11) is -3.10. The monoisotopic (exact) mass is 524 g/mol. The Morgan fingerprint density at radius 2 is 1.70 bits per heavy atom. The first-order valence-corrected chi connectivity index (χ1v) is 14.5. The molecule has 0 saturated carbocycles. The molecule has 0 unspecified atom stereocenters. The quantitative estimate of drug-likeness (QED) is 0.464. The number of hydrogen-bond acceptors (Lipinski definition) is 7. The van der Waals surface area contributed by atoms with Gasteiger partial charge < -0.3 is 19.7 Å². The zero-order valence-electron chi connectivity index (χ0n) is 20.6. The minimum absolute atomic E-state index is 0.0299. The fourth-order valence-electron chi connectivity index (χ4n) is 5.28. The van der Waals surface area contributed by atoms with Gasteiger partial charge in [-0.05, 0) is 36.6 Å². The average molecular weight is 525 g/mol. The van der Waals surface area contributed by atoms with E-state index in [-0.39, 0.29) is 17.4 Å². The average Bonchev–Trinajstić information content (AvgIpc) is 3.31. The summed E-state index contributed by atoms with van der Waals surface area (Å²) in [5.41, 5.74) is 4.28. The SMILES string of the molecule is O=C(c1nn(-c2ccc(CNC3CCOCC3)cc2)c2c1CS(O)(O)c1ccccc1-2)N1CCOCC1. The van der Waals surface area contributed by atoms with Crippen molar-refractivity contribution in [1.29, 1.82) is 0 Å². The molecule has 9 nitrogen and oxygen atoms in total. The van der Waals surface area contributed by atoms with Crippen LogP contribution in [0.1, 0.15) is 34.5 Å². The summed E-state index contributed by atoms with van der Waals surface area (Å²) in [6, 6.07) is 15.9. The van der Waals surface area contributed by atoms with Crippen LogP contribution in [-0.2, 0) is 21.8 Å². The molecule has 2 saturated heterocycles. The molecule has 4 heterocycles. The van der Waals surface area contributed by atoms with Gasteiger partial charge >= 0.3 is 0 Å². The highest BCUT2D eigenvalue weighted by molar-refractivity contribution is 8.23. The Bertz CT molecular complexity index is 1280. The summed E-state index contributed by atoms with van der Waals surface area (Å²) < 4.78 is 34.7. The topological polar surface area (TPSA) is 109 Å². The Hall–Kier alpha value is -2.73. The molecular formula is C27H32N4O5S. The Labute approximate surface area is 217 Å². The zero-order valence-corrected chi connectivity index (χ0v) is 21.5. The molecular weight excluding hydrogens is 492 g/mol. The summed E-state index contributed by atoms with van der Waals surface area (Å²) in [5, 5.41) is 8.41. The van der Waals surface area contributed by atoms with Gasteiger partial charge in [-0.15, -0.1) is 0 Å². The summed E-state index contributed by atoms with van der Waals surface area (Å²) in [6.45, 7) is 4.32. The molecule has 1 aromatic heterocycles. The van der Waals surface area contributed by atoms with Crippen molar-refractivity contribution in [2.75, 3.05) is 39.5 Å². The van der Waals surface area contributed by atoms with Gasteiger partial charge in [0.25, 0.3) is 5.91 Å². The van der Waals surface area contributed by atoms with E-state index in [0.717, 1.165) is 49.5 Å². The first-order chi connectivity index (χ1) is 18.0. The summed E-state index contributed by atoms with van der Waals surface area (Å²) >= 11 is 0. The molecule has 37 heavy (non-hydrogen) atoms. The highest BCUT2D eigenvalue weighted by Crippen LogP contribution is 2.59. The number of ether oxygens (including phenoxy) is 2. The molecule has 3 aliphatic heterocycles. The predicted molar refractivity (Wildman–Crippen MR) is 141 cm³/mol. The molecule has 196 valence electrons. The van der Waals surface area contributed by atoms with Gasteiger partial charge in [0, 0.05) is 50.0 Å². The number of amides is 1. The maximum absolute atomic E-state index is 13.6. The molecule has 3 aliphatic rings. The molecule has 2 aromatic carbocycles. The minimum atomic E-state index is -3.10. The number of hydrogen-bond donors (Lipinski definition) is 3. The molecule has 10 heteroatoms. The van der Waals surface area contributed by atoms with Crippen LogP contribution in [0.2, 0.25) is 0 Å². The second kappa shape index (κ2) is 10.2. The van der Waals surface area contributed by atoms with Crippen LogP contribution in [0.15, 0.2) is 53.4 Å². The molecule has 0 spiro atoms. The number of nitrogens with one attached hydrogen (secondary N) is 1. The highest BCUT2D eigenvalue weighted by atomic mass is 32.3. The lowest BCUT2D eigenvalue weighted by Gasteiger charge is -2.38. The molecule has 6 rings (SSSR count). The van der Waals surface area contributed by atoms with Crippen molar-refractivity contribution in [3.8, 4) is 16.9 Å². The van der Waals surface area contributed by atoms with E-state index in [2.05, 4.69) is 17.4 Å². The van der Waals surface area contributed by atoms with E-state index in [9.17, 15) is 13.9 Å². The predicted octanol–water partition coefficient (Wildman–Crippen LogP) is 3.90. The van der Waals surface area contributed by atoms with Crippen LogP contribution in [0.25, 0.3) is 16.9 Å². The van der Waals surface area contributed by atoms with Gasteiger partial charge in [-0.25, -0.2) is 4.68 Å². The number of aromatic nitrogens is 2. The van der Waals surface area contributed by atoms with Crippen LogP contribution in [0, 0.1) is 0 Å². The summed E-state index contributed by atoms with van der Waals surface area (Å²) in [5.74, 6) is -0.233. The van der Waals surface area contributed by atoms with Crippen LogP contribution in [-0.4, -0.2) is 75.3 Å². The van der Waals surface area contributed by atoms with E-state index in [1.54, 1.807) is 21.7 Å². The van der Waals surface area contributed by atoms with E-state index in [1.165, 1.54) is 0 Å². The Morgan fingerprint density at radius 3 is 2.46 bits per heavy atom. The Kier molecular flexibility index (Phi) is 6.78.